The Morgan fingerprint density at radius 2 is 2.00 bits per heavy atom. The Bertz CT molecular complexity index is 719. The van der Waals surface area contributed by atoms with Crippen LogP contribution in [0.4, 0.5) is 5.69 Å². The van der Waals surface area contributed by atoms with Gasteiger partial charge in [0, 0.05) is 43.9 Å². The Morgan fingerprint density at radius 1 is 1.30 bits per heavy atom. The van der Waals surface area contributed by atoms with Crippen LogP contribution in [0.1, 0.15) is 37.9 Å². The Labute approximate surface area is 137 Å². The fraction of sp³-hybridized carbons (Fsp3) is 0.474. The lowest BCUT2D eigenvalue weighted by Gasteiger charge is -2.35. The van der Waals surface area contributed by atoms with Crippen molar-refractivity contribution in [3.05, 3.63) is 35.5 Å². The first kappa shape index (κ1) is 15.8. The van der Waals surface area contributed by atoms with Crippen molar-refractivity contribution in [3.63, 3.8) is 0 Å². The summed E-state index contributed by atoms with van der Waals surface area (Å²) in [6.45, 7) is 7.60. The van der Waals surface area contributed by atoms with Gasteiger partial charge in [-0.2, -0.15) is 0 Å². The van der Waals surface area contributed by atoms with Crippen LogP contribution in [-0.2, 0) is 16.0 Å². The molecule has 0 radical (unpaired) electrons. The molecule has 0 unspecified atom stereocenters. The van der Waals surface area contributed by atoms with Crippen LogP contribution >= 0.6 is 0 Å². The number of hydrogen-bond donors (Lipinski definition) is 0. The maximum Gasteiger partial charge on any atom is 0.302 e. The molecule has 1 fully saturated rings. The zero-order valence-electron chi connectivity index (χ0n) is 14.1. The molecule has 1 aromatic carbocycles. The Morgan fingerprint density at radius 3 is 2.65 bits per heavy atom. The smallest absolute Gasteiger partial charge is 0.302 e. The van der Waals surface area contributed by atoms with Gasteiger partial charge in [-0.15, -0.1) is 0 Å². The summed E-state index contributed by atoms with van der Waals surface area (Å²) < 4.78 is 5.37. The van der Waals surface area contributed by atoms with Crippen molar-refractivity contribution >= 4 is 22.6 Å². The summed E-state index contributed by atoms with van der Waals surface area (Å²) in [5, 5.41) is 1.22. The highest BCUT2D eigenvalue weighted by Crippen LogP contribution is 2.34. The van der Waals surface area contributed by atoms with E-state index in [0.717, 1.165) is 43.6 Å². The number of para-hydroxylation sites is 1. The second-order valence-electron chi connectivity index (χ2n) is 6.19. The summed E-state index contributed by atoms with van der Waals surface area (Å²) in [4.78, 5) is 18.3. The van der Waals surface area contributed by atoms with Crippen LogP contribution in [0.25, 0.3) is 10.9 Å². The number of ether oxygens (including phenoxy) is 1. The number of piperidine rings is 1. The topological polar surface area (TPSA) is 42.4 Å². The number of anilines is 1. The lowest BCUT2D eigenvalue weighted by Crippen LogP contribution is -2.38. The summed E-state index contributed by atoms with van der Waals surface area (Å²) >= 11 is 0. The van der Waals surface area contributed by atoms with Crippen LogP contribution < -0.4 is 4.90 Å². The molecule has 0 aliphatic carbocycles. The monoisotopic (exact) mass is 312 g/mol. The van der Waals surface area contributed by atoms with Crippen LogP contribution in [0, 0.1) is 6.92 Å². The minimum atomic E-state index is -0.178. The van der Waals surface area contributed by atoms with Crippen LogP contribution in [0.3, 0.4) is 0 Å². The third kappa shape index (κ3) is 3.16. The highest BCUT2D eigenvalue weighted by molar-refractivity contribution is 5.94. The molecule has 3 rings (SSSR count). The number of nitrogens with zero attached hydrogens (tertiary/aromatic N) is 2. The maximum atomic E-state index is 11.1. The summed E-state index contributed by atoms with van der Waals surface area (Å²) in [5.41, 5.74) is 4.81. The van der Waals surface area contributed by atoms with Gasteiger partial charge in [0.05, 0.1) is 11.2 Å². The second kappa shape index (κ2) is 6.57. The molecule has 1 saturated heterocycles. The highest BCUT2D eigenvalue weighted by Gasteiger charge is 2.24. The normalized spacial score (nSPS) is 15.9. The lowest BCUT2D eigenvalue weighted by atomic mass is 10.00. The van der Waals surface area contributed by atoms with E-state index in [1.165, 1.54) is 23.6 Å². The Kier molecular flexibility index (Phi) is 4.51. The molecule has 0 N–H and O–H groups in total. The highest BCUT2D eigenvalue weighted by atomic mass is 16.5. The first-order chi connectivity index (χ1) is 11.1. The first-order valence-corrected chi connectivity index (χ1v) is 8.40. The number of fused-ring (bicyclic) bond motifs is 1. The molecule has 2 heterocycles. The number of benzene rings is 1. The lowest BCUT2D eigenvalue weighted by molar-refractivity contribution is -0.147. The minimum absolute atomic E-state index is 0.0584. The predicted molar refractivity (Wildman–Crippen MR) is 92.9 cm³/mol. The fourth-order valence-electron chi connectivity index (χ4n) is 3.57. The van der Waals surface area contributed by atoms with E-state index in [4.69, 9.17) is 9.72 Å². The van der Waals surface area contributed by atoms with Crippen molar-refractivity contribution < 1.29 is 9.53 Å². The van der Waals surface area contributed by atoms with Gasteiger partial charge in [0.1, 0.15) is 6.10 Å². The average molecular weight is 312 g/mol. The Balaban J connectivity index is 1.95. The predicted octanol–water partition coefficient (Wildman–Crippen LogP) is 3.64. The van der Waals surface area contributed by atoms with Crippen molar-refractivity contribution in [3.8, 4) is 0 Å². The number of hydrogen-bond acceptors (Lipinski definition) is 4. The molecule has 4 nitrogen and oxygen atoms in total. The van der Waals surface area contributed by atoms with E-state index in [9.17, 15) is 4.79 Å². The number of aryl methyl sites for hydroxylation is 1. The molecule has 2 aromatic rings. The molecule has 0 atom stereocenters. The van der Waals surface area contributed by atoms with Gasteiger partial charge in [0.25, 0.3) is 0 Å². The van der Waals surface area contributed by atoms with Crippen molar-refractivity contribution in [2.45, 2.75) is 46.1 Å². The number of carbonyl (C=O) groups excluding carboxylic acids is 1. The zero-order valence-corrected chi connectivity index (χ0v) is 14.1. The van der Waals surface area contributed by atoms with Gasteiger partial charge < -0.3 is 9.64 Å². The van der Waals surface area contributed by atoms with Gasteiger partial charge in [-0.1, -0.05) is 25.1 Å². The minimum Gasteiger partial charge on any atom is -0.462 e. The average Bonchev–Trinajstić information content (AvgIpc) is 2.54. The van der Waals surface area contributed by atoms with Crippen molar-refractivity contribution in [1.82, 2.24) is 4.98 Å². The number of esters is 1. The first-order valence-electron chi connectivity index (χ1n) is 8.40. The molecule has 122 valence electrons. The molecule has 1 aliphatic rings. The molecule has 1 aliphatic heterocycles. The summed E-state index contributed by atoms with van der Waals surface area (Å²) in [6.07, 6.45) is 2.81. The van der Waals surface area contributed by atoms with Gasteiger partial charge in [-0.3, -0.25) is 9.78 Å². The van der Waals surface area contributed by atoms with E-state index in [1.807, 2.05) is 6.07 Å². The van der Waals surface area contributed by atoms with Gasteiger partial charge in [0.2, 0.25) is 0 Å². The third-order valence-corrected chi connectivity index (χ3v) is 4.61. The molecular weight excluding hydrogens is 288 g/mol. The van der Waals surface area contributed by atoms with Crippen LogP contribution in [0.2, 0.25) is 0 Å². The standard InChI is InChI=1S/C19H24N2O2/c1-4-16-13(2)20-18-8-6-5-7-17(18)19(16)21-11-9-15(10-12-21)23-14(3)22/h5-8,15H,4,9-12H2,1-3H3. The molecule has 0 amide bonds. The largest absolute Gasteiger partial charge is 0.462 e. The molecule has 0 bridgehead atoms. The van der Waals surface area contributed by atoms with Crippen molar-refractivity contribution in [1.29, 1.82) is 0 Å². The van der Waals surface area contributed by atoms with E-state index in [-0.39, 0.29) is 12.1 Å². The number of rotatable bonds is 3. The SMILES string of the molecule is CCc1c(C)nc2ccccc2c1N1CCC(OC(C)=O)CC1. The number of carbonyl (C=O) groups is 1. The number of aromatic nitrogens is 1. The quantitative estimate of drug-likeness (QED) is 0.812. The van der Waals surface area contributed by atoms with E-state index in [0.29, 0.717) is 0 Å². The van der Waals surface area contributed by atoms with Gasteiger partial charge in [0.15, 0.2) is 0 Å². The number of pyridine rings is 1. The van der Waals surface area contributed by atoms with E-state index in [1.54, 1.807) is 0 Å². The molecule has 0 saturated carbocycles. The molecule has 1 aromatic heterocycles. The molecule has 4 heteroatoms. The summed E-state index contributed by atoms with van der Waals surface area (Å²) in [7, 11) is 0. The van der Waals surface area contributed by atoms with Gasteiger partial charge >= 0.3 is 5.97 Å². The molecule has 0 spiro atoms. The second-order valence-corrected chi connectivity index (χ2v) is 6.19. The zero-order chi connectivity index (χ0) is 16.4. The molecule has 23 heavy (non-hydrogen) atoms. The van der Waals surface area contributed by atoms with Crippen molar-refractivity contribution in [2.75, 3.05) is 18.0 Å². The van der Waals surface area contributed by atoms with Crippen molar-refractivity contribution in [2.24, 2.45) is 0 Å². The third-order valence-electron chi connectivity index (χ3n) is 4.61. The fourth-order valence-corrected chi connectivity index (χ4v) is 3.57. The summed E-state index contributed by atoms with van der Waals surface area (Å²) in [5.74, 6) is -0.178. The van der Waals surface area contributed by atoms with Crippen LogP contribution in [0.5, 0.6) is 0 Å². The summed E-state index contributed by atoms with van der Waals surface area (Å²) in [6, 6.07) is 8.36. The van der Waals surface area contributed by atoms with E-state index < -0.39 is 0 Å². The van der Waals surface area contributed by atoms with Gasteiger partial charge in [-0.05, 0) is 25.0 Å². The van der Waals surface area contributed by atoms with Crippen LogP contribution in [-0.4, -0.2) is 30.1 Å². The van der Waals surface area contributed by atoms with Crippen LogP contribution in [0.15, 0.2) is 24.3 Å². The Hall–Kier alpha value is -2.10. The van der Waals surface area contributed by atoms with E-state index >= 15 is 0 Å². The van der Waals surface area contributed by atoms with E-state index in [2.05, 4.69) is 36.9 Å². The molecular formula is C19H24N2O2. The maximum absolute atomic E-state index is 11.1. The van der Waals surface area contributed by atoms with Gasteiger partial charge in [-0.25, -0.2) is 0 Å².